The number of anilines is 1. The number of esters is 1. The molecule has 1 aromatic heterocycles. The SMILES string of the molecule is CCOC(=O)/C(=N/OC)c1csc(NS(=O)(=O)C2CC2)n1. The molecule has 1 heterocycles. The molecule has 21 heavy (non-hydrogen) atoms. The lowest BCUT2D eigenvalue weighted by Gasteiger charge is -2.03. The third kappa shape index (κ3) is 3.91. The van der Waals surface area contributed by atoms with Gasteiger partial charge in [-0.1, -0.05) is 5.16 Å². The van der Waals surface area contributed by atoms with Gasteiger partial charge in [-0.25, -0.2) is 18.2 Å². The molecule has 0 unspecified atom stereocenters. The fourth-order valence-corrected chi connectivity index (χ4v) is 3.78. The van der Waals surface area contributed by atoms with Gasteiger partial charge < -0.3 is 9.57 Å². The summed E-state index contributed by atoms with van der Waals surface area (Å²) in [6.07, 6.45) is 1.32. The number of rotatable bonds is 7. The molecule has 0 saturated heterocycles. The second kappa shape index (κ2) is 6.39. The maximum atomic E-state index is 11.8. The largest absolute Gasteiger partial charge is 0.461 e. The number of oxime groups is 1. The summed E-state index contributed by atoms with van der Waals surface area (Å²) < 4.78 is 30.9. The molecule has 1 aromatic rings. The summed E-state index contributed by atoms with van der Waals surface area (Å²) in [4.78, 5) is 20.4. The zero-order valence-corrected chi connectivity index (χ0v) is 13.2. The van der Waals surface area contributed by atoms with E-state index in [4.69, 9.17) is 4.74 Å². The van der Waals surface area contributed by atoms with Crippen LogP contribution in [0.4, 0.5) is 5.13 Å². The second-order valence-electron chi connectivity index (χ2n) is 4.23. The third-order valence-corrected chi connectivity index (χ3v) is 5.30. The van der Waals surface area contributed by atoms with Crippen LogP contribution in [-0.2, 0) is 24.4 Å². The van der Waals surface area contributed by atoms with E-state index in [2.05, 4.69) is 19.7 Å². The van der Waals surface area contributed by atoms with Crippen molar-refractivity contribution in [3.63, 3.8) is 0 Å². The molecule has 0 amide bonds. The molecule has 0 bridgehead atoms. The highest BCUT2D eigenvalue weighted by molar-refractivity contribution is 7.93. The number of thiazole rings is 1. The summed E-state index contributed by atoms with van der Waals surface area (Å²) in [6, 6.07) is 0. The van der Waals surface area contributed by atoms with Crippen molar-refractivity contribution in [1.82, 2.24) is 4.98 Å². The molecule has 2 rings (SSSR count). The van der Waals surface area contributed by atoms with Crippen molar-refractivity contribution >= 4 is 38.2 Å². The van der Waals surface area contributed by atoms with Crippen LogP contribution in [0.15, 0.2) is 10.5 Å². The fraction of sp³-hybridized carbons (Fsp3) is 0.545. The molecule has 1 aliphatic carbocycles. The molecule has 0 aromatic carbocycles. The number of sulfonamides is 1. The number of nitrogens with zero attached hydrogens (tertiary/aromatic N) is 2. The van der Waals surface area contributed by atoms with Crippen LogP contribution in [0, 0.1) is 0 Å². The van der Waals surface area contributed by atoms with Crippen LogP contribution >= 0.6 is 11.3 Å². The quantitative estimate of drug-likeness (QED) is 0.452. The van der Waals surface area contributed by atoms with E-state index in [1.807, 2.05) is 0 Å². The summed E-state index contributed by atoms with van der Waals surface area (Å²) in [7, 11) is -2.09. The minimum absolute atomic E-state index is 0.104. The maximum absolute atomic E-state index is 11.8. The number of hydrogen-bond donors (Lipinski definition) is 1. The average molecular weight is 333 g/mol. The highest BCUT2D eigenvalue weighted by Crippen LogP contribution is 2.30. The van der Waals surface area contributed by atoms with Gasteiger partial charge in [0.15, 0.2) is 5.13 Å². The highest BCUT2D eigenvalue weighted by Gasteiger charge is 2.36. The Hall–Kier alpha value is -1.68. The predicted octanol–water partition coefficient (Wildman–Crippen LogP) is 0.961. The van der Waals surface area contributed by atoms with Crippen molar-refractivity contribution in [1.29, 1.82) is 0 Å². The van der Waals surface area contributed by atoms with Gasteiger partial charge in [-0.15, -0.1) is 11.3 Å². The van der Waals surface area contributed by atoms with Crippen LogP contribution in [0.5, 0.6) is 0 Å². The molecule has 1 aliphatic rings. The summed E-state index contributed by atoms with van der Waals surface area (Å²) in [6.45, 7) is 1.85. The van der Waals surface area contributed by atoms with Crippen molar-refractivity contribution < 1.29 is 22.8 Å². The molecule has 116 valence electrons. The van der Waals surface area contributed by atoms with Crippen molar-refractivity contribution in [3.8, 4) is 0 Å². The Kier molecular flexibility index (Phi) is 4.78. The number of nitrogens with one attached hydrogen (secondary N) is 1. The Morgan fingerprint density at radius 3 is 2.86 bits per heavy atom. The average Bonchev–Trinajstić information content (AvgIpc) is 3.19. The lowest BCUT2D eigenvalue weighted by molar-refractivity contribution is -0.135. The van der Waals surface area contributed by atoms with E-state index in [-0.39, 0.29) is 28.4 Å². The molecule has 0 radical (unpaired) electrons. The molecule has 0 aliphatic heterocycles. The first kappa shape index (κ1) is 15.7. The third-order valence-electron chi connectivity index (χ3n) is 2.59. The van der Waals surface area contributed by atoms with E-state index in [1.54, 1.807) is 6.92 Å². The van der Waals surface area contributed by atoms with Crippen molar-refractivity contribution in [2.45, 2.75) is 25.0 Å². The van der Waals surface area contributed by atoms with Gasteiger partial charge in [0.05, 0.1) is 11.9 Å². The first-order valence-electron chi connectivity index (χ1n) is 6.23. The maximum Gasteiger partial charge on any atom is 0.362 e. The number of hydrogen-bond acceptors (Lipinski definition) is 8. The van der Waals surface area contributed by atoms with E-state index in [1.165, 1.54) is 12.5 Å². The van der Waals surface area contributed by atoms with E-state index in [0.717, 1.165) is 11.3 Å². The molecular formula is C11H15N3O5S2. The Morgan fingerprint density at radius 2 is 2.29 bits per heavy atom. The summed E-state index contributed by atoms with van der Waals surface area (Å²) >= 11 is 1.07. The second-order valence-corrected chi connectivity index (χ2v) is 7.05. The van der Waals surface area contributed by atoms with E-state index in [0.29, 0.717) is 12.8 Å². The monoisotopic (exact) mass is 333 g/mol. The summed E-state index contributed by atoms with van der Waals surface area (Å²) in [5.41, 5.74) is 0.0984. The Balaban J connectivity index is 2.17. The fourth-order valence-electron chi connectivity index (χ4n) is 1.49. The molecule has 8 nitrogen and oxygen atoms in total. The summed E-state index contributed by atoms with van der Waals surface area (Å²) in [5.74, 6) is -0.679. The van der Waals surface area contributed by atoms with Gasteiger partial charge in [0.25, 0.3) is 0 Å². The van der Waals surface area contributed by atoms with Crippen LogP contribution in [-0.4, -0.2) is 44.0 Å². The lowest BCUT2D eigenvalue weighted by Crippen LogP contribution is -2.20. The molecule has 0 atom stereocenters. The standard InChI is InChI=1S/C11H15N3O5S2/c1-3-19-10(15)9(13-18-2)8-6-20-11(12-8)14-21(16,17)7-4-5-7/h6-7H,3-5H2,1-2H3,(H,12,14)/b13-9+. The molecule has 1 N–H and O–H groups in total. The van der Waals surface area contributed by atoms with Crippen LogP contribution in [0.1, 0.15) is 25.5 Å². The van der Waals surface area contributed by atoms with Gasteiger partial charge in [-0.05, 0) is 19.8 Å². The molecule has 10 heteroatoms. The number of carbonyl (C=O) groups is 1. The van der Waals surface area contributed by atoms with Gasteiger partial charge in [0.2, 0.25) is 15.7 Å². The van der Waals surface area contributed by atoms with Gasteiger partial charge in [0, 0.05) is 5.38 Å². The van der Waals surface area contributed by atoms with Crippen molar-refractivity contribution in [3.05, 3.63) is 11.1 Å². The van der Waals surface area contributed by atoms with Crippen LogP contribution in [0.2, 0.25) is 0 Å². The van der Waals surface area contributed by atoms with Crippen LogP contribution in [0.25, 0.3) is 0 Å². The van der Waals surface area contributed by atoms with Gasteiger partial charge >= 0.3 is 5.97 Å². The Labute approximate surface area is 126 Å². The van der Waals surface area contributed by atoms with Gasteiger partial charge in [-0.3, -0.25) is 4.72 Å². The highest BCUT2D eigenvalue weighted by atomic mass is 32.2. The molecular weight excluding hydrogens is 318 g/mol. The minimum atomic E-state index is -3.38. The first-order valence-corrected chi connectivity index (χ1v) is 8.66. The normalized spacial score (nSPS) is 15.6. The van der Waals surface area contributed by atoms with Gasteiger partial charge in [-0.2, -0.15) is 0 Å². The van der Waals surface area contributed by atoms with Gasteiger partial charge in [0.1, 0.15) is 12.8 Å². The smallest absolute Gasteiger partial charge is 0.362 e. The number of ether oxygens (including phenoxy) is 1. The lowest BCUT2D eigenvalue weighted by atomic mass is 10.3. The first-order chi connectivity index (χ1) is 9.97. The predicted molar refractivity (Wildman–Crippen MR) is 77.9 cm³/mol. The molecule has 1 fully saturated rings. The zero-order valence-electron chi connectivity index (χ0n) is 11.5. The van der Waals surface area contributed by atoms with E-state index in [9.17, 15) is 13.2 Å². The van der Waals surface area contributed by atoms with Crippen LogP contribution < -0.4 is 4.72 Å². The number of carbonyl (C=O) groups excluding carboxylic acids is 1. The zero-order chi connectivity index (χ0) is 15.5. The molecule has 0 spiro atoms. The van der Waals surface area contributed by atoms with Crippen molar-refractivity contribution in [2.24, 2.45) is 5.16 Å². The Bertz CT molecular complexity index is 649. The van der Waals surface area contributed by atoms with Crippen molar-refractivity contribution in [2.75, 3.05) is 18.4 Å². The molecule has 1 saturated carbocycles. The Morgan fingerprint density at radius 1 is 1.57 bits per heavy atom. The summed E-state index contributed by atoms with van der Waals surface area (Å²) in [5, 5.41) is 4.93. The minimum Gasteiger partial charge on any atom is -0.461 e. The number of aromatic nitrogens is 1. The topological polar surface area (TPSA) is 107 Å². The van der Waals surface area contributed by atoms with Crippen LogP contribution in [0.3, 0.4) is 0 Å². The van der Waals surface area contributed by atoms with E-state index < -0.39 is 16.0 Å². The van der Waals surface area contributed by atoms with E-state index >= 15 is 0 Å².